The fraction of sp³-hybridized carbons (Fsp3) is 0.455. The first-order valence-corrected chi connectivity index (χ1v) is 14.4. The van der Waals surface area contributed by atoms with Crippen LogP contribution in [-0.2, 0) is 33.6 Å². The highest BCUT2D eigenvalue weighted by Gasteiger charge is 2.21. The lowest BCUT2D eigenvalue weighted by atomic mass is 9.97. The Morgan fingerprint density at radius 2 is 1.19 bits per heavy atom. The molecule has 0 unspecified atom stereocenters. The van der Waals surface area contributed by atoms with Crippen LogP contribution >= 0.6 is 0 Å². The molecular formula is C33H39N3O6. The van der Waals surface area contributed by atoms with Crippen LogP contribution in [0.3, 0.4) is 0 Å². The Bertz CT molecular complexity index is 1290. The van der Waals surface area contributed by atoms with Crippen LogP contribution in [0.25, 0.3) is 0 Å². The van der Waals surface area contributed by atoms with Crippen LogP contribution in [-0.4, -0.2) is 52.1 Å². The minimum Gasteiger partial charge on any atom is -0.486 e. The summed E-state index contributed by atoms with van der Waals surface area (Å²) in [7, 11) is 0. The maximum absolute atomic E-state index is 11.2. The van der Waals surface area contributed by atoms with Crippen LogP contribution in [0, 0.1) is 0 Å². The molecule has 3 aliphatic rings. The number of Topliss-reactive ketones (excluding diaryl/α,β-unsaturated/α-hetero) is 3. The molecule has 3 aliphatic heterocycles. The molecule has 0 radical (unpaired) electrons. The third-order valence-electron chi connectivity index (χ3n) is 6.94. The Morgan fingerprint density at radius 1 is 0.619 bits per heavy atom. The number of hydrogen-bond donors (Lipinski definition) is 0. The number of ether oxygens (including phenoxy) is 3. The van der Waals surface area contributed by atoms with Crippen LogP contribution in [0.15, 0.2) is 36.5 Å². The van der Waals surface area contributed by atoms with Crippen LogP contribution in [0.5, 0.6) is 17.2 Å². The summed E-state index contributed by atoms with van der Waals surface area (Å²) in [5.74, 6) is 4.54. The molecule has 0 saturated carbocycles. The molecule has 0 saturated heterocycles. The molecule has 6 rings (SSSR count). The van der Waals surface area contributed by atoms with Crippen molar-refractivity contribution >= 4 is 17.3 Å². The van der Waals surface area contributed by atoms with E-state index in [1.165, 1.54) is 5.56 Å². The highest BCUT2D eigenvalue weighted by atomic mass is 16.5. The summed E-state index contributed by atoms with van der Waals surface area (Å²) < 4.78 is 15.8. The molecule has 2 aromatic heterocycles. The number of carbonyl (C=O) groups is 3. The van der Waals surface area contributed by atoms with E-state index in [1.807, 2.05) is 32.0 Å². The van der Waals surface area contributed by atoms with E-state index in [0.717, 1.165) is 40.0 Å². The quantitative estimate of drug-likeness (QED) is 0.420. The van der Waals surface area contributed by atoms with E-state index in [0.29, 0.717) is 36.8 Å². The average Bonchev–Trinajstić information content (AvgIpc) is 2.96. The lowest BCUT2D eigenvalue weighted by Gasteiger charge is -2.18. The van der Waals surface area contributed by atoms with Gasteiger partial charge in [0.1, 0.15) is 37.1 Å². The van der Waals surface area contributed by atoms with Gasteiger partial charge in [0.25, 0.3) is 0 Å². The number of pyridine rings is 1. The number of hydrogen-bond acceptors (Lipinski definition) is 9. The van der Waals surface area contributed by atoms with Gasteiger partial charge in [-0.1, -0.05) is 53.7 Å². The van der Waals surface area contributed by atoms with Gasteiger partial charge < -0.3 is 14.2 Å². The van der Waals surface area contributed by atoms with E-state index in [2.05, 4.69) is 54.8 Å². The van der Waals surface area contributed by atoms with Crippen molar-refractivity contribution < 1.29 is 28.6 Å². The molecule has 3 aromatic rings. The smallest absolute Gasteiger partial charge is 0.176 e. The maximum atomic E-state index is 11.2. The van der Waals surface area contributed by atoms with Gasteiger partial charge in [-0.3, -0.25) is 19.4 Å². The Hall–Kier alpha value is -4.14. The van der Waals surface area contributed by atoms with Gasteiger partial charge in [0.2, 0.25) is 0 Å². The predicted molar refractivity (Wildman–Crippen MR) is 158 cm³/mol. The molecule has 0 bridgehead atoms. The van der Waals surface area contributed by atoms with Crippen molar-refractivity contribution in [2.75, 3.05) is 19.8 Å². The monoisotopic (exact) mass is 573 g/mol. The number of benzene rings is 1. The zero-order chi connectivity index (χ0) is 30.4. The lowest BCUT2D eigenvalue weighted by Crippen LogP contribution is -2.22. The fourth-order valence-electron chi connectivity index (χ4n) is 4.48. The van der Waals surface area contributed by atoms with Crippen LogP contribution in [0.2, 0.25) is 0 Å². The van der Waals surface area contributed by atoms with Crippen molar-refractivity contribution in [3.05, 3.63) is 70.6 Å². The highest BCUT2D eigenvalue weighted by molar-refractivity contribution is 5.85. The molecule has 0 spiro atoms. The van der Waals surface area contributed by atoms with E-state index in [4.69, 9.17) is 14.2 Å². The standard InChI is InChI=1S/C12H14O2.C11H13NO2.C10H12N2O2/c1-8(2)9-3-4-12-10(5-9)6-11(13)7-14-12;1-7(2)9-3-4-11-10(12-9)5-8(13)6-14-11;1-6(2)10-11-4-9-8(12-10)3-7(13)5-14-9/h3-5,8H,6-7H2,1-2H3;3-4,7H,5-6H2,1-2H3;4,6H,3,5H2,1-2H3. The zero-order valence-electron chi connectivity index (χ0n) is 25.2. The molecule has 0 atom stereocenters. The minimum atomic E-state index is 0.0749. The molecule has 1 aromatic carbocycles. The van der Waals surface area contributed by atoms with Crippen LogP contribution in [0.4, 0.5) is 0 Å². The molecule has 42 heavy (non-hydrogen) atoms. The molecule has 9 heteroatoms. The second-order valence-electron chi connectivity index (χ2n) is 11.6. The maximum Gasteiger partial charge on any atom is 0.176 e. The summed E-state index contributed by atoms with van der Waals surface area (Å²) in [6, 6.07) is 9.98. The number of aromatic nitrogens is 3. The first-order valence-electron chi connectivity index (χ1n) is 14.4. The molecule has 0 fully saturated rings. The van der Waals surface area contributed by atoms with E-state index in [1.54, 1.807) is 6.20 Å². The molecule has 0 aliphatic carbocycles. The molecular weight excluding hydrogens is 534 g/mol. The van der Waals surface area contributed by atoms with Gasteiger partial charge in [0.15, 0.2) is 23.1 Å². The Labute approximate surface area is 247 Å². The van der Waals surface area contributed by atoms with Gasteiger partial charge in [0, 0.05) is 23.6 Å². The van der Waals surface area contributed by atoms with Gasteiger partial charge in [0.05, 0.1) is 30.4 Å². The zero-order valence-corrected chi connectivity index (χ0v) is 25.2. The number of rotatable bonds is 3. The van der Waals surface area contributed by atoms with Gasteiger partial charge >= 0.3 is 0 Å². The third kappa shape index (κ3) is 7.99. The van der Waals surface area contributed by atoms with Crippen molar-refractivity contribution in [3.63, 3.8) is 0 Å². The molecule has 9 nitrogen and oxygen atoms in total. The van der Waals surface area contributed by atoms with Gasteiger partial charge in [-0.25, -0.2) is 9.97 Å². The largest absolute Gasteiger partial charge is 0.486 e. The predicted octanol–water partition coefficient (Wildman–Crippen LogP) is 5.13. The number of ketones is 3. The second-order valence-corrected chi connectivity index (χ2v) is 11.6. The summed E-state index contributed by atoms with van der Waals surface area (Å²) in [6.07, 6.45) is 2.97. The summed E-state index contributed by atoms with van der Waals surface area (Å²) in [6.45, 7) is 13.1. The average molecular weight is 574 g/mol. The molecule has 222 valence electrons. The van der Waals surface area contributed by atoms with Gasteiger partial charge in [-0.2, -0.15) is 0 Å². The normalized spacial score (nSPS) is 15.2. The Balaban J connectivity index is 0.000000145. The number of nitrogens with zero attached hydrogens (tertiary/aromatic N) is 3. The molecule has 5 heterocycles. The van der Waals surface area contributed by atoms with Crippen molar-refractivity contribution in [1.82, 2.24) is 15.0 Å². The number of carbonyl (C=O) groups excluding carboxylic acids is 3. The first-order chi connectivity index (χ1) is 20.0. The van der Waals surface area contributed by atoms with E-state index >= 15 is 0 Å². The summed E-state index contributed by atoms with van der Waals surface area (Å²) in [5, 5.41) is 0. The molecule has 0 N–H and O–H groups in total. The number of fused-ring (bicyclic) bond motifs is 3. The minimum absolute atomic E-state index is 0.0749. The summed E-state index contributed by atoms with van der Waals surface area (Å²) in [4.78, 5) is 46.3. The van der Waals surface area contributed by atoms with Gasteiger partial charge in [-0.05, 0) is 35.6 Å². The lowest BCUT2D eigenvalue weighted by molar-refractivity contribution is -0.122. The van der Waals surface area contributed by atoms with Crippen molar-refractivity contribution in [2.45, 2.75) is 78.6 Å². The highest BCUT2D eigenvalue weighted by Crippen LogP contribution is 2.27. The van der Waals surface area contributed by atoms with Crippen molar-refractivity contribution in [2.24, 2.45) is 0 Å². The van der Waals surface area contributed by atoms with Crippen LogP contribution < -0.4 is 14.2 Å². The van der Waals surface area contributed by atoms with Gasteiger partial charge in [-0.15, -0.1) is 0 Å². The second kappa shape index (κ2) is 13.7. The topological polar surface area (TPSA) is 118 Å². The van der Waals surface area contributed by atoms with Crippen molar-refractivity contribution in [1.29, 1.82) is 0 Å². The SMILES string of the molecule is CC(C)c1ccc2c(c1)CC(=O)CO2.CC(C)c1ccc2c(n1)CC(=O)CO2.CC(C)c1ncc2c(n1)CC(=O)CO2. The van der Waals surface area contributed by atoms with E-state index in [-0.39, 0.29) is 43.1 Å². The Morgan fingerprint density at radius 3 is 1.81 bits per heavy atom. The van der Waals surface area contributed by atoms with Crippen LogP contribution in [0.1, 0.15) is 93.3 Å². The Kier molecular flexibility index (Phi) is 10.0. The third-order valence-corrected chi connectivity index (χ3v) is 6.94. The van der Waals surface area contributed by atoms with E-state index in [9.17, 15) is 14.4 Å². The molecule has 0 amide bonds. The fourth-order valence-corrected chi connectivity index (χ4v) is 4.48. The van der Waals surface area contributed by atoms with Crippen molar-refractivity contribution in [3.8, 4) is 17.2 Å². The van der Waals surface area contributed by atoms with E-state index < -0.39 is 0 Å². The summed E-state index contributed by atoms with van der Waals surface area (Å²) in [5.41, 5.74) is 4.82. The summed E-state index contributed by atoms with van der Waals surface area (Å²) >= 11 is 0. The first kappa shape index (κ1) is 30.8.